The van der Waals surface area contributed by atoms with Crippen LogP contribution in [0.5, 0.6) is 0 Å². The molecule has 0 aliphatic heterocycles. The maximum Gasteiger partial charge on any atom is 0.333 e. The van der Waals surface area contributed by atoms with Gasteiger partial charge in [0.1, 0.15) is 0 Å². The molecule has 1 unspecified atom stereocenters. The van der Waals surface area contributed by atoms with Gasteiger partial charge in [-0.05, 0) is 0 Å². The van der Waals surface area contributed by atoms with Crippen LogP contribution in [-0.2, 0) is 4.79 Å². The largest absolute Gasteiger partial charge is 0.597 e. The number of carbonyl (C=O) groups excluding carboxylic acids is 1. The molecule has 2 amide bonds. The second-order valence-electron chi connectivity index (χ2n) is 2.02. The van der Waals surface area contributed by atoms with Crippen LogP contribution in [0.2, 0.25) is 0 Å². The van der Waals surface area contributed by atoms with Gasteiger partial charge >= 0.3 is 12.0 Å². The number of hydrogen-bond donors (Lipinski definition) is 4. The van der Waals surface area contributed by atoms with E-state index >= 15 is 0 Å². The molecule has 1 atom stereocenters. The van der Waals surface area contributed by atoms with Crippen molar-refractivity contribution in [2.24, 2.45) is 11.0 Å². The predicted molar refractivity (Wildman–Crippen MR) is 36.9 cm³/mol. The number of carbonyl (C=O) groups is 2. The molecule has 0 saturated carbocycles. The first-order chi connectivity index (χ1) is 5.97. The van der Waals surface area contributed by atoms with Gasteiger partial charge in [-0.15, -0.1) is 0 Å². The van der Waals surface area contributed by atoms with Gasteiger partial charge in [0.15, 0.2) is 11.3 Å². The smallest absolute Gasteiger partial charge is 0.333 e. The van der Waals surface area contributed by atoms with Gasteiger partial charge in [-0.3, -0.25) is 0 Å². The Labute approximate surface area is 72.0 Å². The molecule has 0 heterocycles. The third-order valence-corrected chi connectivity index (χ3v) is 1.05. The third kappa shape index (κ3) is 4.40. The van der Waals surface area contributed by atoms with Crippen LogP contribution in [0, 0.1) is 5.21 Å². The molecule has 9 nitrogen and oxygen atoms in total. The fraction of sp³-hybridized carbons (Fsp3) is 0.500. The van der Waals surface area contributed by atoms with E-state index in [4.69, 9.17) is 10.3 Å². The SMILES string of the molecule is NC(=O)NC(C[N+]([O-])=NO)C(=O)O. The first kappa shape index (κ1) is 10.9. The molecule has 9 heteroatoms. The molecule has 74 valence electrons. The zero-order valence-electron chi connectivity index (χ0n) is 6.38. The Balaban J connectivity index is 4.27. The zero-order chi connectivity index (χ0) is 10.4. The second-order valence-corrected chi connectivity index (χ2v) is 2.02. The highest BCUT2D eigenvalue weighted by molar-refractivity contribution is 5.81. The summed E-state index contributed by atoms with van der Waals surface area (Å²) < 4.78 is 0. The van der Waals surface area contributed by atoms with Crippen molar-refractivity contribution >= 4 is 12.0 Å². The normalized spacial score (nSPS) is 13.4. The first-order valence-electron chi connectivity index (χ1n) is 3.05. The summed E-state index contributed by atoms with van der Waals surface area (Å²) in [5.41, 5.74) is 4.62. The lowest BCUT2D eigenvalue weighted by Crippen LogP contribution is -2.47. The van der Waals surface area contributed by atoms with E-state index in [0.29, 0.717) is 0 Å². The van der Waals surface area contributed by atoms with Crippen molar-refractivity contribution in [2.75, 3.05) is 6.54 Å². The third-order valence-electron chi connectivity index (χ3n) is 1.05. The Kier molecular flexibility index (Phi) is 3.99. The quantitative estimate of drug-likeness (QED) is 0.241. The van der Waals surface area contributed by atoms with E-state index in [0.717, 1.165) is 0 Å². The summed E-state index contributed by atoms with van der Waals surface area (Å²) in [4.78, 5) is 20.2. The number of primary amides is 1. The van der Waals surface area contributed by atoms with Gasteiger partial charge in [-0.2, -0.15) is 0 Å². The Morgan fingerprint density at radius 3 is 2.54 bits per heavy atom. The average Bonchev–Trinajstić information content (AvgIpc) is 2.02. The van der Waals surface area contributed by atoms with E-state index in [1.165, 1.54) is 0 Å². The van der Waals surface area contributed by atoms with E-state index in [2.05, 4.69) is 11.0 Å². The number of amides is 2. The van der Waals surface area contributed by atoms with Crippen LogP contribution in [0.25, 0.3) is 0 Å². The minimum absolute atomic E-state index is 0.297. The van der Waals surface area contributed by atoms with E-state index in [1.807, 2.05) is 0 Å². The zero-order valence-corrected chi connectivity index (χ0v) is 6.38. The van der Waals surface area contributed by atoms with Crippen LogP contribution in [0.1, 0.15) is 0 Å². The molecular formula is C4H8N4O5. The molecule has 0 rings (SSSR count). The molecule has 0 aliphatic rings. The summed E-state index contributed by atoms with van der Waals surface area (Å²) in [5.74, 6) is -1.46. The van der Waals surface area contributed by atoms with Crippen molar-refractivity contribution in [1.29, 1.82) is 0 Å². The number of nitrogens with two attached hydrogens (primary N) is 1. The highest BCUT2D eigenvalue weighted by Crippen LogP contribution is 1.86. The number of hydroxylamine groups is 1. The van der Waals surface area contributed by atoms with Crippen molar-refractivity contribution < 1.29 is 24.8 Å². The molecule has 0 aliphatic carbocycles. The lowest BCUT2D eigenvalue weighted by molar-refractivity contribution is -0.556. The number of nitrogens with one attached hydrogen (secondary N) is 1. The van der Waals surface area contributed by atoms with Crippen molar-refractivity contribution in [3.05, 3.63) is 5.21 Å². The summed E-state index contributed by atoms with van der Waals surface area (Å²) >= 11 is 0. The van der Waals surface area contributed by atoms with Gasteiger partial charge < -0.3 is 26.6 Å². The fourth-order valence-corrected chi connectivity index (χ4v) is 0.550. The van der Waals surface area contributed by atoms with Crippen molar-refractivity contribution in [3.63, 3.8) is 0 Å². The topological polar surface area (TPSA) is 151 Å². The van der Waals surface area contributed by atoms with E-state index in [9.17, 15) is 14.8 Å². The van der Waals surface area contributed by atoms with Crippen LogP contribution in [-0.4, -0.2) is 39.8 Å². The van der Waals surface area contributed by atoms with Crippen LogP contribution in [0.15, 0.2) is 5.28 Å². The summed E-state index contributed by atoms with van der Waals surface area (Å²) in [7, 11) is 0. The lowest BCUT2D eigenvalue weighted by Gasteiger charge is -2.09. The van der Waals surface area contributed by atoms with Crippen LogP contribution < -0.4 is 11.1 Å². The van der Waals surface area contributed by atoms with Gasteiger partial charge in [0.05, 0.1) is 0 Å². The summed E-state index contributed by atoms with van der Waals surface area (Å²) in [5, 5.41) is 30.6. The van der Waals surface area contributed by atoms with Gasteiger partial charge in [0, 0.05) is 0 Å². The van der Waals surface area contributed by atoms with Gasteiger partial charge in [-0.1, -0.05) is 4.86 Å². The van der Waals surface area contributed by atoms with E-state index in [1.54, 1.807) is 5.32 Å². The van der Waals surface area contributed by atoms with Crippen LogP contribution in [0.3, 0.4) is 0 Å². The number of nitrogens with zero attached hydrogens (tertiary/aromatic N) is 2. The van der Waals surface area contributed by atoms with Gasteiger partial charge in [0.25, 0.3) is 0 Å². The number of carboxylic acids is 1. The summed E-state index contributed by atoms with van der Waals surface area (Å²) in [6, 6.07) is -2.59. The molecule has 0 saturated heterocycles. The number of carboxylic acid groups (broad SMARTS) is 1. The Morgan fingerprint density at radius 2 is 2.23 bits per heavy atom. The summed E-state index contributed by atoms with van der Waals surface area (Å²) in [6.45, 7) is -0.727. The summed E-state index contributed by atoms with van der Waals surface area (Å²) in [6.07, 6.45) is 0. The Hall–Kier alpha value is -2.06. The van der Waals surface area contributed by atoms with E-state index < -0.39 is 24.6 Å². The Morgan fingerprint density at radius 1 is 1.69 bits per heavy atom. The van der Waals surface area contributed by atoms with Gasteiger partial charge in [0.2, 0.25) is 6.54 Å². The minimum Gasteiger partial charge on any atom is -0.597 e. The molecule has 13 heavy (non-hydrogen) atoms. The number of rotatable bonds is 4. The predicted octanol–water partition coefficient (Wildman–Crippen LogP) is -1.54. The lowest BCUT2D eigenvalue weighted by atomic mass is 10.3. The fourth-order valence-electron chi connectivity index (χ4n) is 0.550. The highest BCUT2D eigenvalue weighted by Gasteiger charge is 2.23. The molecule has 0 bridgehead atoms. The monoisotopic (exact) mass is 192 g/mol. The molecule has 0 radical (unpaired) electrons. The molecule has 0 fully saturated rings. The number of aliphatic carboxylic acids is 1. The maximum absolute atomic E-state index is 10.4. The number of urea groups is 1. The van der Waals surface area contributed by atoms with E-state index in [-0.39, 0.29) is 4.86 Å². The highest BCUT2D eigenvalue weighted by atomic mass is 16.6. The van der Waals surface area contributed by atoms with Crippen LogP contribution in [0.4, 0.5) is 4.79 Å². The second kappa shape index (κ2) is 4.74. The molecule has 0 spiro atoms. The van der Waals surface area contributed by atoms with Gasteiger partial charge in [-0.25, -0.2) is 9.59 Å². The average molecular weight is 192 g/mol. The molecule has 0 aromatic carbocycles. The first-order valence-corrected chi connectivity index (χ1v) is 3.05. The Bertz CT molecular complexity index is 239. The molecule has 0 aromatic rings. The van der Waals surface area contributed by atoms with Crippen molar-refractivity contribution in [2.45, 2.75) is 6.04 Å². The van der Waals surface area contributed by atoms with Crippen molar-refractivity contribution in [3.8, 4) is 0 Å². The van der Waals surface area contributed by atoms with Crippen LogP contribution >= 0.6 is 0 Å². The molecule has 0 aromatic heterocycles. The standard InChI is InChI=1S/C4H8N4O5/c5-4(11)6-2(3(9)10)1-8(13)7-12/h2,12H,1H2,(H,9,10)(H3,5,6,11). The molecular weight excluding hydrogens is 184 g/mol. The minimum atomic E-state index is -1.51. The number of hydrogen-bond acceptors (Lipinski definition) is 4. The maximum atomic E-state index is 10.4. The molecule has 5 N–H and O–H groups in total. The van der Waals surface area contributed by atoms with Crippen molar-refractivity contribution in [1.82, 2.24) is 5.32 Å².